The molecule has 0 aromatic heterocycles. The number of nitrogens with zero attached hydrogens (tertiary/aromatic N) is 2. The number of hydrogen-bond donors (Lipinski definition) is 3. The van der Waals surface area contributed by atoms with Crippen molar-refractivity contribution < 1.29 is 9.59 Å². The van der Waals surface area contributed by atoms with Gasteiger partial charge in [-0.2, -0.15) is 0 Å². The second-order valence-corrected chi connectivity index (χ2v) is 10.1. The molecule has 1 saturated heterocycles. The molecule has 4 N–H and O–H groups in total. The fourth-order valence-electron chi connectivity index (χ4n) is 5.06. The second-order valence-electron chi connectivity index (χ2n) is 9.63. The summed E-state index contributed by atoms with van der Waals surface area (Å²) >= 11 is 6.03. The quantitative estimate of drug-likeness (QED) is 0.225. The van der Waals surface area contributed by atoms with Gasteiger partial charge in [-0.25, -0.2) is 0 Å². The molecule has 8 heteroatoms. The monoisotopic (exact) mass is 545 g/mol. The van der Waals surface area contributed by atoms with Gasteiger partial charge < -0.3 is 16.4 Å². The number of halogens is 1. The maximum atomic E-state index is 13.6. The number of likely N-dealkylation sites (N-methyl/N-ethyl adjacent to an activating group) is 1. The summed E-state index contributed by atoms with van der Waals surface area (Å²) in [5, 5.41) is 6.48. The third-order valence-electron chi connectivity index (χ3n) is 7.15. The zero-order valence-electron chi connectivity index (χ0n) is 22.4. The van der Waals surface area contributed by atoms with Gasteiger partial charge >= 0.3 is 0 Å². The second kappa shape index (κ2) is 13.4. The molecule has 3 aromatic rings. The van der Waals surface area contributed by atoms with E-state index >= 15 is 0 Å². The molecule has 0 saturated carbocycles. The van der Waals surface area contributed by atoms with Gasteiger partial charge in [-0.3, -0.25) is 19.4 Å². The number of benzene rings is 3. The fourth-order valence-corrected chi connectivity index (χ4v) is 5.19. The highest BCUT2D eigenvalue weighted by Crippen LogP contribution is 2.29. The molecular weight excluding hydrogens is 510 g/mol. The number of carbonyl (C=O) groups excluding carboxylic acids is 2. The molecule has 1 heterocycles. The minimum absolute atomic E-state index is 0.0827. The van der Waals surface area contributed by atoms with E-state index < -0.39 is 6.04 Å². The maximum absolute atomic E-state index is 13.6. The van der Waals surface area contributed by atoms with Crippen molar-refractivity contribution in [2.45, 2.75) is 32.4 Å². The Morgan fingerprint density at radius 3 is 2.38 bits per heavy atom. The average molecular weight is 546 g/mol. The van der Waals surface area contributed by atoms with Crippen LogP contribution in [0.2, 0.25) is 5.02 Å². The summed E-state index contributed by atoms with van der Waals surface area (Å²) in [5.74, 6) is -0.350. The molecule has 0 aliphatic carbocycles. The van der Waals surface area contributed by atoms with Crippen LogP contribution in [0.25, 0.3) is 6.08 Å². The smallest absolute Gasteiger partial charge is 0.248 e. The summed E-state index contributed by atoms with van der Waals surface area (Å²) < 4.78 is 0. The molecule has 2 unspecified atom stereocenters. The summed E-state index contributed by atoms with van der Waals surface area (Å²) in [6, 6.07) is 22.0. The first-order valence-electron chi connectivity index (χ1n) is 13.4. The van der Waals surface area contributed by atoms with Gasteiger partial charge in [0.25, 0.3) is 0 Å². The molecule has 1 fully saturated rings. The lowest BCUT2D eigenvalue weighted by molar-refractivity contribution is -0.121. The van der Waals surface area contributed by atoms with Crippen molar-refractivity contribution in [3.8, 4) is 0 Å². The largest absolute Gasteiger partial charge is 0.397 e. The minimum Gasteiger partial charge on any atom is -0.397 e. The topological polar surface area (TPSA) is 90.7 Å². The van der Waals surface area contributed by atoms with Crippen molar-refractivity contribution in [2.24, 2.45) is 0 Å². The number of hydrogen-bond acceptors (Lipinski definition) is 5. The van der Waals surface area contributed by atoms with Gasteiger partial charge in [-0.05, 0) is 73.1 Å². The molecule has 3 aromatic carbocycles. The van der Waals surface area contributed by atoms with Crippen LogP contribution in [0, 0.1) is 0 Å². The van der Waals surface area contributed by atoms with Crippen molar-refractivity contribution >= 4 is 46.6 Å². The van der Waals surface area contributed by atoms with Crippen molar-refractivity contribution in [3.63, 3.8) is 0 Å². The first-order chi connectivity index (χ1) is 18.9. The van der Waals surface area contributed by atoms with E-state index in [9.17, 15) is 9.59 Å². The molecule has 0 bridgehead atoms. The van der Waals surface area contributed by atoms with E-state index in [1.165, 1.54) is 6.08 Å². The highest BCUT2D eigenvalue weighted by atomic mass is 35.5. The predicted molar refractivity (Wildman–Crippen MR) is 161 cm³/mol. The van der Waals surface area contributed by atoms with Gasteiger partial charge in [0.1, 0.15) is 6.04 Å². The molecule has 7 nitrogen and oxygen atoms in total. The van der Waals surface area contributed by atoms with Gasteiger partial charge in [0, 0.05) is 35.9 Å². The van der Waals surface area contributed by atoms with Crippen molar-refractivity contribution in [2.75, 3.05) is 42.5 Å². The molecule has 0 spiro atoms. The van der Waals surface area contributed by atoms with Crippen LogP contribution in [-0.4, -0.2) is 53.8 Å². The van der Waals surface area contributed by atoms with Gasteiger partial charge in [0.15, 0.2) is 0 Å². The van der Waals surface area contributed by atoms with Crippen LogP contribution in [-0.2, 0) is 9.59 Å². The number of nitrogens with two attached hydrogens (primary N) is 1. The molecular formula is C31H36ClN5O2. The van der Waals surface area contributed by atoms with Crippen LogP contribution in [0.5, 0.6) is 0 Å². The number of rotatable bonds is 10. The molecule has 1 aliphatic heterocycles. The highest BCUT2D eigenvalue weighted by Gasteiger charge is 2.35. The summed E-state index contributed by atoms with van der Waals surface area (Å²) in [6.07, 6.45) is 4.24. The number of nitrogen functional groups attached to an aromatic ring is 1. The first kappa shape index (κ1) is 28.4. The molecule has 39 heavy (non-hydrogen) atoms. The summed E-state index contributed by atoms with van der Waals surface area (Å²) in [4.78, 5) is 30.7. The normalized spacial score (nSPS) is 16.5. The summed E-state index contributed by atoms with van der Waals surface area (Å²) in [5.41, 5.74) is 9.46. The van der Waals surface area contributed by atoms with Gasteiger partial charge in [-0.15, -0.1) is 0 Å². The lowest BCUT2D eigenvalue weighted by Crippen LogP contribution is -2.40. The lowest BCUT2D eigenvalue weighted by Gasteiger charge is -2.30. The third-order valence-corrected chi connectivity index (χ3v) is 7.40. The highest BCUT2D eigenvalue weighted by molar-refractivity contribution is 6.30. The molecule has 1 aliphatic rings. The number of amides is 2. The Hall–Kier alpha value is -3.65. The average Bonchev–Trinajstić information content (AvgIpc) is 3.41. The summed E-state index contributed by atoms with van der Waals surface area (Å²) in [7, 11) is 0. The molecule has 0 radical (unpaired) electrons. The number of carbonyl (C=O) groups is 2. The fraction of sp³-hybridized carbons (Fsp3) is 0.290. The maximum Gasteiger partial charge on any atom is 0.248 e. The zero-order chi connectivity index (χ0) is 27.8. The van der Waals surface area contributed by atoms with E-state index in [-0.39, 0.29) is 11.8 Å². The Balaban J connectivity index is 1.50. The Kier molecular flexibility index (Phi) is 9.76. The van der Waals surface area contributed by atoms with Crippen LogP contribution >= 0.6 is 11.6 Å². The van der Waals surface area contributed by atoms with Crippen LogP contribution in [0.1, 0.15) is 37.4 Å². The van der Waals surface area contributed by atoms with Crippen molar-refractivity contribution in [1.29, 1.82) is 0 Å². The Morgan fingerprint density at radius 2 is 1.72 bits per heavy atom. The standard InChI is InChI=1S/C31H36ClN5O2/c1-3-36(4-2)26-19-20-37(21-26)30(31(39)34-25-16-14-24(32)15-17-25)23-12-9-22(10-13-23)11-18-29(38)35-28-8-6-5-7-27(28)33/h5-18,26,30H,3-4,19-21,33H2,1-2H3,(H,34,39)(H,35,38). The number of anilines is 3. The Labute approximate surface area is 235 Å². The van der Waals surface area contributed by atoms with Crippen molar-refractivity contribution in [3.05, 3.63) is 95.0 Å². The Bertz CT molecular complexity index is 1290. The molecule has 204 valence electrons. The third kappa shape index (κ3) is 7.47. The SMILES string of the molecule is CCN(CC)C1CCN(C(C(=O)Nc2ccc(Cl)cc2)c2ccc(C=CC(=O)Nc3ccccc3N)cc2)C1. The molecule has 4 rings (SSSR count). The van der Waals surface area contributed by atoms with Gasteiger partial charge in [-0.1, -0.05) is 61.8 Å². The van der Waals surface area contributed by atoms with Crippen molar-refractivity contribution in [1.82, 2.24) is 9.80 Å². The summed E-state index contributed by atoms with van der Waals surface area (Å²) in [6.45, 7) is 8.00. The van der Waals surface area contributed by atoms with Crippen LogP contribution in [0.3, 0.4) is 0 Å². The minimum atomic E-state index is -0.441. The van der Waals surface area contributed by atoms with E-state index in [1.54, 1.807) is 30.3 Å². The van der Waals surface area contributed by atoms with E-state index in [0.717, 1.165) is 43.7 Å². The molecule has 2 atom stereocenters. The van der Waals surface area contributed by atoms with E-state index in [2.05, 4.69) is 34.3 Å². The zero-order valence-corrected chi connectivity index (χ0v) is 23.2. The predicted octanol–water partition coefficient (Wildman–Crippen LogP) is 5.67. The van der Waals surface area contributed by atoms with Gasteiger partial charge in [0.2, 0.25) is 11.8 Å². The van der Waals surface area contributed by atoms with Crippen LogP contribution < -0.4 is 16.4 Å². The number of likely N-dealkylation sites (tertiary alicyclic amines) is 1. The van der Waals surface area contributed by atoms with Crippen LogP contribution in [0.15, 0.2) is 78.9 Å². The lowest BCUT2D eigenvalue weighted by atomic mass is 10.0. The van der Waals surface area contributed by atoms with Gasteiger partial charge in [0.05, 0.1) is 11.4 Å². The first-order valence-corrected chi connectivity index (χ1v) is 13.7. The number of para-hydroxylation sites is 2. The molecule has 2 amide bonds. The Morgan fingerprint density at radius 1 is 1.03 bits per heavy atom. The van der Waals surface area contributed by atoms with Crippen LogP contribution in [0.4, 0.5) is 17.1 Å². The number of nitrogens with one attached hydrogen (secondary N) is 2. The van der Waals surface area contributed by atoms with E-state index in [0.29, 0.717) is 28.1 Å². The van der Waals surface area contributed by atoms with E-state index in [4.69, 9.17) is 17.3 Å². The van der Waals surface area contributed by atoms with E-state index in [1.807, 2.05) is 48.5 Å².